The number of carbonyl (C=O) groups excluding carboxylic acids is 1. The lowest BCUT2D eigenvalue weighted by Gasteiger charge is -2.19. The monoisotopic (exact) mass is 304 g/mol. The molecule has 122 valence electrons. The van der Waals surface area contributed by atoms with Crippen LogP contribution in [0.5, 0.6) is 0 Å². The van der Waals surface area contributed by atoms with Gasteiger partial charge in [0.25, 0.3) is 0 Å². The molecular formula is C14H24O7. The number of ether oxygens (including phenoxy) is 2. The molecule has 0 radical (unpaired) electrons. The molecular weight excluding hydrogens is 280 g/mol. The third kappa shape index (κ3) is 10.9. The predicted octanol–water partition coefficient (Wildman–Crippen LogP) is 0.488. The third-order valence-corrected chi connectivity index (χ3v) is 2.53. The van der Waals surface area contributed by atoms with Crippen LogP contribution in [0, 0.1) is 0 Å². The van der Waals surface area contributed by atoms with Crippen LogP contribution in [0.25, 0.3) is 0 Å². The van der Waals surface area contributed by atoms with Gasteiger partial charge in [0, 0.05) is 5.57 Å². The fraction of sp³-hybridized carbons (Fsp3) is 0.714. The van der Waals surface area contributed by atoms with E-state index in [0.29, 0.717) is 12.8 Å². The van der Waals surface area contributed by atoms with Gasteiger partial charge < -0.3 is 24.8 Å². The van der Waals surface area contributed by atoms with Crippen molar-refractivity contribution in [1.82, 2.24) is 0 Å². The van der Waals surface area contributed by atoms with E-state index >= 15 is 0 Å². The van der Waals surface area contributed by atoms with Crippen molar-refractivity contribution in [2.75, 3.05) is 13.2 Å². The SMILES string of the molecule is C=C(CC(=O)O)C(=O)OCC(CCC(C)O)OCC(C)O. The fourth-order valence-corrected chi connectivity index (χ4v) is 1.44. The molecule has 7 nitrogen and oxygen atoms in total. The Morgan fingerprint density at radius 3 is 2.19 bits per heavy atom. The molecule has 3 atom stereocenters. The van der Waals surface area contributed by atoms with E-state index in [1.165, 1.54) is 0 Å². The standard InChI is InChI=1S/C14H24O7/c1-9(6-13(17)18)14(19)21-8-12(5-4-10(2)15)20-7-11(3)16/h10-12,15-16H,1,4-8H2,2-3H3,(H,17,18). The van der Waals surface area contributed by atoms with Crippen molar-refractivity contribution in [3.63, 3.8) is 0 Å². The minimum atomic E-state index is -1.16. The first-order valence-electron chi connectivity index (χ1n) is 6.76. The van der Waals surface area contributed by atoms with Gasteiger partial charge in [0.2, 0.25) is 0 Å². The largest absolute Gasteiger partial charge is 0.481 e. The van der Waals surface area contributed by atoms with Crippen molar-refractivity contribution < 1.29 is 34.4 Å². The van der Waals surface area contributed by atoms with Crippen LogP contribution in [-0.4, -0.2) is 58.8 Å². The maximum Gasteiger partial charge on any atom is 0.334 e. The highest BCUT2D eigenvalue weighted by atomic mass is 16.6. The molecule has 0 aliphatic heterocycles. The van der Waals surface area contributed by atoms with Gasteiger partial charge in [0.05, 0.1) is 31.3 Å². The normalized spacial score (nSPS) is 15.0. The zero-order chi connectivity index (χ0) is 16.4. The number of aliphatic hydroxyl groups excluding tert-OH is 2. The van der Waals surface area contributed by atoms with E-state index in [0.717, 1.165) is 0 Å². The molecule has 0 saturated heterocycles. The second kappa shape index (κ2) is 10.3. The summed E-state index contributed by atoms with van der Waals surface area (Å²) in [4.78, 5) is 22.0. The molecule has 21 heavy (non-hydrogen) atoms. The van der Waals surface area contributed by atoms with Crippen molar-refractivity contribution in [2.24, 2.45) is 0 Å². The molecule has 0 heterocycles. The van der Waals surface area contributed by atoms with Crippen LogP contribution < -0.4 is 0 Å². The summed E-state index contributed by atoms with van der Waals surface area (Å²) in [5.41, 5.74) is -0.146. The summed E-state index contributed by atoms with van der Waals surface area (Å²) in [6.07, 6.45) is -1.22. The van der Waals surface area contributed by atoms with Gasteiger partial charge in [-0.3, -0.25) is 4.79 Å². The molecule has 0 rings (SSSR count). The van der Waals surface area contributed by atoms with Gasteiger partial charge in [-0.2, -0.15) is 0 Å². The maximum atomic E-state index is 11.5. The summed E-state index contributed by atoms with van der Waals surface area (Å²) < 4.78 is 10.3. The number of hydrogen-bond acceptors (Lipinski definition) is 6. The van der Waals surface area contributed by atoms with E-state index < -0.39 is 36.7 Å². The van der Waals surface area contributed by atoms with Crippen molar-refractivity contribution in [1.29, 1.82) is 0 Å². The molecule has 3 unspecified atom stereocenters. The van der Waals surface area contributed by atoms with E-state index in [9.17, 15) is 19.8 Å². The van der Waals surface area contributed by atoms with Gasteiger partial charge >= 0.3 is 11.9 Å². The number of carbonyl (C=O) groups is 2. The Morgan fingerprint density at radius 1 is 1.10 bits per heavy atom. The third-order valence-electron chi connectivity index (χ3n) is 2.53. The van der Waals surface area contributed by atoms with Crippen LogP contribution in [0.1, 0.15) is 33.1 Å². The number of aliphatic hydroxyl groups is 2. The smallest absolute Gasteiger partial charge is 0.334 e. The van der Waals surface area contributed by atoms with E-state index in [2.05, 4.69) is 6.58 Å². The first kappa shape index (κ1) is 19.6. The Labute approximate surface area is 124 Å². The summed E-state index contributed by atoms with van der Waals surface area (Å²) in [5, 5.41) is 27.0. The van der Waals surface area contributed by atoms with Crippen molar-refractivity contribution in [3.05, 3.63) is 12.2 Å². The molecule has 0 amide bonds. The second-order valence-corrected chi connectivity index (χ2v) is 5.00. The molecule has 0 aromatic carbocycles. The molecule has 0 aromatic rings. The molecule has 3 N–H and O–H groups in total. The van der Waals surface area contributed by atoms with Crippen LogP contribution in [0.3, 0.4) is 0 Å². The Hall–Kier alpha value is -1.44. The minimum absolute atomic E-state index is 0.0814. The maximum absolute atomic E-state index is 11.5. The van der Waals surface area contributed by atoms with Crippen molar-refractivity contribution >= 4 is 11.9 Å². The van der Waals surface area contributed by atoms with Crippen LogP contribution in [0.2, 0.25) is 0 Å². The molecule has 0 fully saturated rings. The molecule has 0 aliphatic carbocycles. The fourth-order valence-electron chi connectivity index (χ4n) is 1.44. The van der Waals surface area contributed by atoms with Gasteiger partial charge in [-0.15, -0.1) is 0 Å². The average Bonchev–Trinajstić information content (AvgIpc) is 2.35. The molecule has 0 aliphatic rings. The highest BCUT2D eigenvalue weighted by Crippen LogP contribution is 2.09. The van der Waals surface area contributed by atoms with Gasteiger partial charge in [-0.05, 0) is 26.7 Å². The Morgan fingerprint density at radius 2 is 1.71 bits per heavy atom. The lowest BCUT2D eigenvalue weighted by Crippen LogP contribution is -2.27. The minimum Gasteiger partial charge on any atom is -0.481 e. The van der Waals surface area contributed by atoms with Crippen molar-refractivity contribution in [2.45, 2.75) is 51.4 Å². The Bertz CT molecular complexity index is 337. The van der Waals surface area contributed by atoms with E-state index in [-0.39, 0.29) is 18.8 Å². The number of rotatable bonds is 11. The number of hydrogen-bond donors (Lipinski definition) is 3. The van der Waals surface area contributed by atoms with Crippen LogP contribution in [0.4, 0.5) is 0 Å². The van der Waals surface area contributed by atoms with E-state index in [1.54, 1.807) is 13.8 Å². The van der Waals surface area contributed by atoms with Gasteiger partial charge in [-0.1, -0.05) is 6.58 Å². The molecule has 7 heteroatoms. The quantitative estimate of drug-likeness (QED) is 0.376. The average molecular weight is 304 g/mol. The number of carboxylic acids is 1. The first-order valence-corrected chi connectivity index (χ1v) is 6.76. The number of carboxylic acid groups (broad SMARTS) is 1. The first-order chi connectivity index (χ1) is 9.72. The summed E-state index contributed by atoms with van der Waals surface area (Å²) >= 11 is 0. The molecule has 0 bridgehead atoms. The van der Waals surface area contributed by atoms with Crippen LogP contribution in [0.15, 0.2) is 12.2 Å². The topological polar surface area (TPSA) is 113 Å². The Kier molecular flexibility index (Phi) is 9.60. The van der Waals surface area contributed by atoms with Crippen LogP contribution >= 0.6 is 0 Å². The lowest BCUT2D eigenvalue weighted by molar-refractivity contribution is -0.146. The molecule has 0 saturated carbocycles. The van der Waals surface area contributed by atoms with E-state index in [1.807, 2.05) is 0 Å². The zero-order valence-corrected chi connectivity index (χ0v) is 12.4. The Balaban J connectivity index is 4.28. The summed E-state index contributed by atoms with van der Waals surface area (Å²) in [6.45, 7) is 6.53. The molecule has 0 aromatic heterocycles. The molecule has 0 spiro atoms. The van der Waals surface area contributed by atoms with Gasteiger partial charge in [-0.25, -0.2) is 4.79 Å². The number of esters is 1. The van der Waals surface area contributed by atoms with Crippen molar-refractivity contribution in [3.8, 4) is 0 Å². The predicted molar refractivity (Wildman–Crippen MR) is 74.7 cm³/mol. The van der Waals surface area contributed by atoms with Crippen LogP contribution in [-0.2, 0) is 19.1 Å². The lowest BCUT2D eigenvalue weighted by atomic mass is 10.1. The van der Waals surface area contributed by atoms with Gasteiger partial charge in [0.1, 0.15) is 6.61 Å². The summed E-state index contributed by atoms with van der Waals surface area (Å²) in [7, 11) is 0. The van der Waals surface area contributed by atoms with Gasteiger partial charge in [0.15, 0.2) is 0 Å². The highest BCUT2D eigenvalue weighted by molar-refractivity contribution is 5.92. The highest BCUT2D eigenvalue weighted by Gasteiger charge is 2.17. The summed E-state index contributed by atoms with van der Waals surface area (Å²) in [5.74, 6) is -1.95. The number of aliphatic carboxylic acids is 1. The zero-order valence-electron chi connectivity index (χ0n) is 12.4. The summed E-state index contributed by atoms with van der Waals surface area (Å²) in [6, 6.07) is 0. The van der Waals surface area contributed by atoms with E-state index in [4.69, 9.17) is 14.6 Å². The second-order valence-electron chi connectivity index (χ2n) is 5.00.